The molecule has 0 aliphatic carbocycles. The highest BCUT2D eigenvalue weighted by Gasteiger charge is 2.16. The van der Waals surface area contributed by atoms with Crippen molar-refractivity contribution in [1.82, 2.24) is 29.5 Å². The molecular formula is C21H26N6O. The third-order valence-electron chi connectivity index (χ3n) is 5.25. The van der Waals surface area contributed by atoms with Gasteiger partial charge in [0.15, 0.2) is 5.78 Å². The van der Waals surface area contributed by atoms with Crippen molar-refractivity contribution < 1.29 is 4.79 Å². The summed E-state index contributed by atoms with van der Waals surface area (Å²) in [6, 6.07) is 4.04. The number of Topliss-reactive ketones (excluding diaryl/α,β-unsaturated/α-hetero) is 1. The van der Waals surface area contributed by atoms with Gasteiger partial charge in [0, 0.05) is 55.4 Å². The standard InChI is InChI=1S/C21H26N6O/c1-25-4-3-5-27(7-6-25)15-20(28)10-19-8-16-9-21(18-13-24-26(2)14-18)23-12-17(16)11-22-19/h8-9,11-14H,3-7,10,15H2,1-2H3. The Morgan fingerprint density at radius 1 is 1.00 bits per heavy atom. The van der Waals surface area contributed by atoms with Crippen LogP contribution in [-0.4, -0.2) is 75.1 Å². The lowest BCUT2D eigenvalue weighted by Crippen LogP contribution is -2.34. The molecule has 0 radical (unpaired) electrons. The van der Waals surface area contributed by atoms with Gasteiger partial charge in [-0.05, 0) is 44.1 Å². The van der Waals surface area contributed by atoms with Crippen LogP contribution in [0.4, 0.5) is 0 Å². The summed E-state index contributed by atoms with van der Waals surface area (Å²) in [4.78, 5) is 26.1. The second-order valence-corrected chi connectivity index (χ2v) is 7.64. The van der Waals surface area contributed by atoms with Crippen molar-refractivity contribution in [2.45, 2.75) is 12.8 Å². The third-order valence-corrected chi connectivity index (χ3v) is 5.25. The highest BCUT2D eigenvalue weighted by Crippen LogP contribution is 2.21. The van der Waals surface area contributed by atoms with E-state index in [-0.39, 0.29) is 5.78 Å². The minimum Gasteiger partial charge on any atom is -0.305 e. The molecule has 4 rings (SSSR count). The quantitative estimate of drug-likeness (QED) is 0.674. The fraction of sp³-hybridized carbons (Fsp3) is 0.429. The summed E-state index contributed by atoms with van der Waals surface area (Å²) in [5, 5.41) is 6.22. The first-order valence-corrected chi connectivity index (χ1v) is 9.73. The average molecular weight is 378 g/mol. The van der Waals surface area contributed by atoms with E-state index in [1.807, 2.05) is 31.6 Å². The summed E-state index contributed by atoms with van der Waals surface area (Å²) in [7, 11) is 4.03. The van der Waals surface area contributed by atoms with Gasteiger partial charge in [-0.3, -0.25) is 24.3 Å². The van der Waals surface area contributed by atoms with Crippen molar-refractivity contribution in [3.05, 3.63) is 42.6 Å². The molecule has 0 spiro atoms. The number of rotatable bonds is 5. The van der Waals surface area contributed by atoms with Crippen LogP contribution in [0.3, 0.4) is 0 Å². The highest BCUT2D eigenvalue weighted by molar-refractivity contribution is 5.87. The van der Waals surface area contributed by atoms with Crippen LogP contribution in [0.5, 0.6) is 0 Å². The van der Waals surface area contributed by atoms with Crippen LogP contribution >= 0.6 is 0 Å². The molecule has 0 aromatic carbocycles. The van der Waals surface area contributed by atoms with Crippen LogP contribution in [0, 0.1) is 0 Å². The van der Waals surface area contributed by atoms with Gasteiger partial charge in [0.05, 0.1) is 24.9 Å². The molecule has 4 heterocycles. The van der Waals surface area contributed by atoms with Crippen molar-refractivity contribution in [1.29, 1.82) is 0 Å². The maximum Gasteiger partial charge on any atom is 0.152 e. The Balaban J connectivity index is 1.46. The van der Waals surface area contributed by atoms with Gasteiger partial charge < -0.3 is 4.90 Å². The van der Waals surface area contributed by atoms with Gasteiger partial charge in [0.2, 0.25) is 0 Å². The zero-order valence-corrected chi connectivity index (χ0v) is 16.5. The highest BCUT2D eigenvalue weighted by atomic mass is 16.1. The molecule has 0 atom stereocenters. The number of hydrogen-bond acceptors (Lipinski definition) is 6. The molecule has 0 amide bonds. The van der Waals surface area contributed by atoms with Gasteiger partial charge in [-0.1, -0.05) is 0 Å². The number of likely N-dealkylation sites (N-methyl/N-ethyl adjacent to an activating group) is 1. The fourth-order valence-electron chi connectivity index (χ4n) is 3.66. The molecule has 1 aliphatic rings. The van der Waals surface area contributed by atoms with E-state index in [9.17, 15) is 4.79 Å². The van der Waals surface area contributed by atoms with Crippen LogP contribution in [0.15, 0.2) is 36.9 Å². The van der Waals surface area contributed by atoms with Gasteiger partial charge in [-0.2, -0.15) is 5.10 Å². The second kappa shape index (κ2) is 8.16. The average Bonchev–Trinajstić information content (AvgIpc) is 3.01. The third kappa shape index (κ3) is 4.43. The minimum atomic E-state index is 0.220. The Kier molecular flexibility index (Phi) is 5.45. The van der Waals surface area contributed by atoms with E-state index in [0.29, 0.717) is 13.0 Å². The molecule has 0 N–H and O–H groups in total. The van der Waals surface area contributed by atoms with Crippen molar-refractivity contribution in [3.63, 3.8) is 0 Å². The lowest BCUT2D eigenvalue weighted by molar-refractivity contribution is -0.119. The summed E-state index contributed by atoms with van der Waals surface area (Å²) < 4.78 is 1.76. The van der Waals surface area contributed by atoms with Crippen LogP contribution in [0.2, 0.25) is 0 Å². The maximum absolute atomic E-state index is 12.6. The number of fused-ring (bicyclic) bond motifs is 1. The first-order valence-electron chi connectivity index (χ1n) is 9.73. The summed E-state index contributed by atoms with van der Waals surface area (Å²) in [6.45, 7) is 4.57. The van der Waals surface area contributed by atoms with Crippen molar-refractivity contribution in [2.24, 2.45) is 7.05 Å². The lowest BCUT2D eigenvalue weighted by Gasteiger charge is -2.19. The van der Waals surface area contributed by atoms with Crippen LogP contribution in [0.1, 0.15) is 12.1 Å². The lowest BCUT2D eigenvalue weighted by atomic mass is 10.1. The molecule has 7 heteroatoms. The molecular weight excluding hydrogens is 352 g/mol. The molecule has 0 saturated carbocycles. The van der Waals surface area contributed by atoms with Crippen molar-refractivity contribution in [3.8, 4) is 11.3 Å². The number of hydrogen-bond donors (Lipinski definition) is 0. The Morgan fingerprint density at radius 2 is 1.86 bits per heavy atom. The molecule has 28 heavy (non-hydrogen) atoms. The minimum absolute atomic E-state index is 0.220. The molecule has 0 bridgehead atoms. The van der Waals surface area contributed by atoms with Crippen LogP contribution in [0.25, 0.3) is 22.0 Å². The molecule has 1 fully saturated rings. The van der Waals surface area contributed by atoms with E-state index >= 15 is 0 Å². The predicted octanol–water partition coefficient (Wildman–Crippen LogP) is 1.78. The molecule has 146 valence electrons. The van der Waals surface area contributed by atoms with E-state index in [1.165, 1.54) is 0 Å². The number of ketones is 1. The molecule has 1 saturated heterocycles. The van der Waals surface area contributed by atoms with Gasteiger partial charge in [-0.15, -0.1) is 0 Å². The predicted molar refractivity (Wildman–Crippen MR) is 109 cm³/mol. The molecule has 1 aliphatic heterocycles. The molecule has 3 aromatic rings. The monoisotopic (exact) mass is 378 g/mol. The van der Waals surface area contributed by atoms with Crippen LogP contribution < -0.4 is 0 Å². The normalized spacial score (nSPS) is 16.4. The van der Waals surface area contributed by atoms with Crippen LogP contribution in [-0.2, 0) is 18.3 Å². The molecule has 7 nitrogen and oxygen atoms in total. The number of carbonyl (C=O) groups excluding carboxylic acids is 1. The Bertz CT molecular complexity index is 982. The Labute approximate surface area is 165 Å². The van der Waals surface area contributed by atoms with E-state index < -0.39 is 0 Å². The van der Waals surface area contributed by atoms with Gasteiger partial charge >= 0.3 is 0 Å². The van der Waals surface area contributed by atoms with Gasteiger partial charge in [0.1, 0.15) is 0 Å². The van der Waals surface area contributed by atoms with Gasteiger partial charge in [0.25, 0.3) is 0 Å². The molecule has 3 aromatic heterocycles. The first kappa shape index (κ1) is 18.7. The SMILES string of the molecule is CN1CCCN(CC(=O)Cc2cc3cc(-c4cnn(C)c4)ncc3cn2)CC1. The zero-order chi connectivity index (χ0) is 19.5. The van der Waals surface area contributed by atoms with E-state index in [1.54, 1.807) is 17.1 Å². The smallest absolute Gasteiger partial charge is 0.152 e. The number of pyridine rings is 2. The zero-order valence-electron chi connectivity index (χ0n) is 16.5. The van der Waals surface area contributed by atoms with Gasteiger partial charge in [-0.25, -0.2) is 0 Å². The summed E-state index contributed by atoms with van der Waals surface area (Å²) in [6.07, 6.45) is 8.86. The van der Waals surface area contributed by atoms with E-state index in [2.05, 4.69) is 31.9 Å². The number of aromatic nitrogens is 4. The fourth-order valence-corrected chi connectivity index (χ4v) is 3.66. The number of carbonyl (C=O) groups is 1. The summed E-state index contributed by atoms with van der Waals surface area (Å²) in [5.74, 6) is 0.220. The van der Waals surface area contributed by atoms with E-state index in [4.69, 9.17) is 0 Å². The maximum atomic E-state index is 12.6. The van der Waals surface area contributed by atoms with Crippen molar-refractivity contribution in [2.75, 3.05) is 39.8 Å². The van der Waals surface area contributed by atoms with Crippen molar-refractivity contribution >= 4 is 16.6 Å². The number of nitrogens with zero attached hydrogens (tertiary/aromatic N) is 6. The summed E-state index contributed by atoms with van der Waals surface area (Å²) in [5.41, 5.74) is 2.66. The number of aryl methyl sites for hydroxylation is 1. The Morgan fingerprint density at radius 3 is 2.68 bits per heavy atom. The largest absolute Gasteiger partial charge is 0.305 e. The molecule has 0 unspecified atom stereocenters. The Hall–Kier alpha value is -2.64. The second-order valence-electron chi connectivity index (χ2n) is 7.64. The topological polar surface area (TPSA) is 67.2 Å². The first-order chi connectivity index (χ1) is 13.6. The summed E-state index contributed by atoms with van der Waals surface area (Å²) >= 11 is 0. The van der Waals surface area contributed by atoms with E-state index in [0.717, 1.165) is 60.3 Å².